The van der Waals surface area contributed by atoms with Gasteiger partial charge < -0.3 is 32.3 Å². The molecule has 0 spiro atoms. The van der Waals surface area contributed by atoms with Crippen LogP contribution in [0.3, 0.4) is 0 Å². The molecule has 0 unspecified atom stereocenters. The molecular formula is C9H20N2O8. The van der Waals surface area contributed by atoms with E-state index >= 15 is 0 Å². The predicted molar refractivity (Wildman–Crippen MR) is 64.1 cm³/mol. The van der Waals surface area contributed by atoms with Crippen molar-refractivity contribution in [3.8, 4) is 0 Å². The first-order valence-corrected chi connectivity index (χ1v) is 4.59. The first kappa shape index (κ1) is 25.6. The van der Waals surface area contributed by atoms with Gasteiger partial charge in [0.2, 0.25) is 0 Å². The smallest absolute Gasteiger partial charge is 0.320 e. The molecule has 0 rings (SSSR count). The normalized spacial score (nSPS) is 9.21. The van der Waals surface area contributed by atoms with E-state index in [0.29, 0.717) is 0 Å². The highest BCUT2D eigenvalue weighted by Gasteiger charge is 2.12. The number of carboxylic acid groups (broad SMARTS) is 4. The summed E-state index contributed by atoms with van der Waals surface area (Å²) in [5.74, 6) is -3.86. The fourth-order valence-electron chi connectivity index (χ4n) is 0.402. The van der Waals surface area contributed by atoms with Gasteiger partial charge in [0, 0.05) is 20.3 Å². The summed E-state index contributed by atoms with van der Waals surface area (Å²) in [6.07, 6.45) is -0.224. The summed E-state index contributed by atoms with van der Waals surface area (Å²) in [4.78, 5) is 37.9. The van der Waals surface area contributed by atoms with E-state index in [9.17, 15) is 9.59 Å². The van der Waals surface area contributed by atoms with Crippen molar-refractivity contribution < 1.29 is 39.6 Å². The number of rotatable bonds is 4. The molecule has 0 aromatic carbocycles. The zero-order chi connectivity index (χ0) is 15.3. The van der Waals surface area contributed by atoms with E-state index in [1.807, 2.05) is 0 Å². The van der Waals surface area contributed by atoms with Crippen molar-refractivity contribution in [2.24, 2.45) is 5.73 Å². The van der Waals surface area contributed by atoms with Crippen molar-refractivity contribution in [2.45, 2.75) is 32.7 Å². The number of nitrogens with two attached hydrogens (primary N) is 1. The van der Waals surface area contributed by atoms with Crippen LogP contribution in [0.5, 0.6) is 0 Å². The summed E-state index contributed by atoms with van der Waals surface area (Å²) in [7, 11) is 0. The molecule has 10 nitrogen and oxygen atoms in total. The number of hydrogen-bond donors (Lipinski definition) is 6. The third-order valence-corrected chi connectivity index (χ3v) is 0.986. The Balaban J connectivity index is -0.000000105. The third-order valence-electron chi connectivity index (χ3n) is 0.986. The Kier molecular flexibility index (Phi) is 21.3. The largest absolute Gasteiger partial charge is 0.481 e. The maximum Gasteiger partial charge on any atom is 0.320 e. The molecule has 0 fully saturated rings. The van der Waals surface area contributed by atoms with Crippen molar-refractivity contribution in [1.82, 2.24) is 6.15 Å². The molecule has 0 heterocycles. The number of carboxylic acids is 4. The van der Waals surface area contributed by atoms with Gasteiger partial charge in [0.05, 0.1) is 0 Å². The van der Waals surface area contributed by atoms with E-state index in [2.05, 4.69) is 0 Å². The highest BCUT2D eigenvalue weighted by atomic mass is 16.4. The Morgan fingerprint density at radius 2 is 1.21 bits per heavy atom. The second-order valence-electron chi connectivity index (χ2n) is 2.92. The van der Waals surface area contributed by atoms with Gasteiger partial charge in [0.1, 0.15) is 6.04 Å². The van der Waals surface area contributed by atoms with Crippen molar-refractivity contribution in [2.75, 3.05) is 0 Å². The molecule has 114 valence electrons. The van der Waals surface area contributed by atoms with Crippen LogP contribution in [0, 0.1) is 0 Å². The van der Waals surface area contributed by atoms with E-state index in [0.717, 1.165) is 13.8 Å². The molecule has 0 saturated heterocycles. The van der Waals surface area contributed by atoms with Gasteiger partial charge in [-0.25, -0.2) is 0 Å². The number of hydrogen-bond acceptors (Lipinski definition) is 6. The minimum Gasteiger partial charge on any atom is -0.481 e. The molecule has 0 aliphatic rings. The van der Waals surface area contributed by atoms with Crippen molar-refractivity contribution in [3.63, 3.8) is 0 Å². The van der Waals surface area contributed by atoms with Crippen molar-refractivity contribution >= 4 is 23.9 Å². The van der Waals surface area contributed by atoms with Crippen LogP contribution >= 0.6 is 0 Å². The Morgan fingerprint density at radius 1 is 0.947 bits per heavy atom. The first-order valence-electron chi connectivity index (χ1n) is 4.59. The quantitative estimate of drug-likeness (QED) is 0.393. The summed E-state index contributed by atoms with van der Waals surface area (Å²) in [6.45, 7) is 2.17. The van der Waals surface area contributed by atoms with Crippen LogP contribution in [0.2, 0.25) is 0 Å². The van der Waals surface area contributed by atoms with Crippen LogP contribution in [0.4, 0.5) is 0 Å². The summed E-state index contributed by atoms with van der Waals surface area (Å²) in [5, 5.41) is 31.1. The molecule has 10 heteroatoms. The average Bonchev–Trinajstić information content (AvgIpc) is 2.11. The second kappa shape index (κ2) is 15.8. The molecular weight excluding hydrogens is 264 g/mol. The van der Waals surface area contributed by atoms with Gasteiger partial charge in [-0.3, -0.25) is 19.2 Å². The summed E-state index contributed by atoms with van der Waals surface area (Å²) < 4.78 is 0. The Bertz CT molecular complexity index is 272. The fraction of sp³-hybridized carbons (Fsp3) is 0.556. The van der Waals surface area contributed by atoms with E-state index in [4.69, 9.17) is 35.7 Å². The molecule has 0 aliphatic heterocycles. The standard InChI is InChI=1S/C5H9NO4.2C2H4O2.H3N/c6-3(5(9)10)1-2-4(7)8;2*1-2(3)4;/h3H,1-2,6H2,(H,7,8)(H,9,10);2*1H3,(H,3,4);1H3/t3-;;;/m0.../s1. The summed E-state index contributed by atoms with van der Waals surface area (Å²) in [6, 6.07) is -1.06. The lowest BCUT2D eigenvalue weighted by atomic mass is 10.2. The van der Waals surface area contributed by atoms with Crippen molar-refractivity contribution in [3.05, 3.63) is 0 Å². The van der Waals surface area contributed by atoms with Crippen LogP contribution in [0.15, 0.2) is 0 Å². The molecule has 1 atom stereocenters. The van der Waals surface area contributed by atoms with Crippen LogP contribution < -0.4 is 11.9 Å². The highest BCUT2D eigenvalue weighted by Crippen LogP contribution is 1.93. The summed E-state index contributed by atoms with van der Waals surface area (Å²) in [5.41, 5.74) is 5.00. The third kappa shape index (κ3) is 65.1. The molecule has 0 aromatic heterocycles. The molecule has 0 radical (unpaired) electrons. The zero-order valence-electron chi connectivity index (χ0n) is 10.7. The molecule has 0 aliphatic carbocycles. The number of aliphatic carboxylic acids is 4. The minimum atomic E-state index is -1.17. The van der Waals surface area contributed by atoms with Crippen molar-refractivity contribution in [1.29, 1.82) is 0 Å². The lowest BCUT2D eigenvalue weighted by Gasteiger charge is -2.01. The van der Waals surface area contributed by atoms with Gasteiger partial charge in [-0.2, -0.15) is 0 Å². The van der Waals surface area contributed by atoms with Gasteiger partial charge in [-0.05, 0) is 6.42 Å². The predicted octanol–water partition coefficient (Wildman–Crippen LogP) is -0.393. The lowest BCUT2D eigenvalue weighted by Crippen LogP contribution is -2.30. The van der Waals surface area contributed by atoms with Gasteiger partial charge in [-0.1, -0.05) is 0 Å². The maximum absolute atomic E-state index is 9.99. The van der Waals surface area contributed by atoms with Crippen LogP contribution in [0.25, 0.3) is 0 Å². The fourth-order valence-corrected chi connectivity index (χ4v) is 0.402. The van der Waals surface area contributed by atoms with E-state index in [1.54, 1.807) is 0 Å². The minimum absolute atomic E-state index is 0. The Morgan fingerprint density at radius 3 is 1.37 bits per heavy atom. The molecule has 0 aromatic rings. The van der Waals surface area contributed by atoms with Gasteiger partial charge >= 0.3 is 11.9 Å². The maximum atomic E-state index is 9.99. The van der Waals surface area contributed by atoms with Gasteiger partial charge in [0.25, 0.3) is 11.9 Å². The monoisotopic (exact) mass is 284 g/mol. The molecule has 19 heavy (non-hydrogen) atoms. The van der Waals surface area contributed by atoms with Gasteiger partial charge in [-0.15, -0.1) is 0 Å². The van der Waals surface area contributed by atoms with Crippen LogP contribution in [0.1, 0.15) is 26.7 Å². The molecule has 0 saturated carbocycles. The molecule has 0 bridgehead atoms. The Labute approximate surface area is 109 Å². The van der Waals surface area contributed by atoms with E-state index < -0.39 is 29.9 Å². The zero-order valence-corrected chi connectivity index (χ0v) is 10.7. The van der Waals surface area contributed by atoms with Gasteiger partial charge in [0.15, 0.2) is 0 Å². The highest BCUT2D eigenvalue weighted by molar-refractivity contribution is 5.74. The van der Waals surface area contributed by atoms with Crippen LogP contribution in [-0.4, -0.2) is 50.3 Å². The molecule has 0 amide bonds. The first-order chi connectivity index (χ1) is 8.00. The second-order valence-corrected chi connectivity index (χ2v) is 2.92. The van der Waals surface area contributed by atoms with E-state index in [1.165, 1.54) is 0 Å². The number of carbonyl (C=O) groups is 4. The Hall–Kier alpha value is -2.20. The van der Waals surface area contributed by atoms with E-state index in [-0.39, 0.29) is 19.0 Å². The average molecular weight is 284 g/mol. The van der Waals surface area contributed by atoms with Crippen LogP contribution in [-0.2, 0) is 19.2 Å². The summed E-state index contributed by atoms with van der Waals surface area (Å²) >= 11 is 0. The topological polar surface area (TPSA) is 210 Å². The lowest BCUT2D eigenvalue weighted by molar-refractivity contribution is -0.140. The SMILES string of the molecule is CC(=O)O.CC(=O)O.N.N[C@@H](CCC(=O)O)C(=O)O. The molecule has 9 N–H and O–H groups in total.